The van der Waals surface area contributed by atoms with E-state index in [4.69, 9.17) is 15.1 Å². The van der Waals surface area contributed by atoms with Crippen LogP contribution >= 0.6 is 0 Å². The smallest absolute Gasteiger partial charge is 0.341 e. The van der Waals surface area contributed by atoms with Crippen LogP contribution in [0.1, 0.15) is 15.9 Å². The third-order valence-electron chi connectivity index (χ3n) is 2.18. The normalized spacial score (nSPS) is 9.50. The number of hydrogen-bond acceptors (Lipinski definition) is 4. The van der Waals surface area contributed by atoms with Gasteiger partial charge in [0.05, 0.1) is 11.6 Å². The highest BCUT2D eigenvalue weighted by atomic mass is 16.5. The van der Waals surface area contributed by atoms with Crippen molar-refractivity contribution < 1.29 is 14.6 Å². The van der Waals surface area contributed by atoms with Crippen LogP contribution in [-0.4, -0.2) is 16.1 Å². The van der Waals surface area contributed by atoms with Crippen LogP contribution < -0.4 is 4.74 Å². The molecule has 18 heavy (non-hydrogen) atoms. The second-order valence-electron chi connectivity index (χ2n) is 3.40. The molecule has 0 bridgehead atoms. The van der Waals surface area contributed by atoms with Gasteiger partial charge in [-0.05, 0) is 30.3 Å². The summed E-state index contributed by atoms with van der Waals surface area (Å²) in [5.74, 6) is -0.745. The summed E-state index contributed by atoms with van der Waals surface area (Å²) in [6.07, 6.45) is 1.44. The van der Waals surface area contributed by atoms with E-state index in [1.54, 1.807) is 18.2 Å². The zero-order valence-corrected chi connectivity index (χ0v) is 9.20. The van der Waals surface area contributed by atoms with Crippen molar-refractivity contribution in [1.82, 2.24) is 4.98 Å². The number of nitrogens with zero attached hydrogens (tertiary/aromatic N) is 2. The third-order valence-corrected chi connectivity index (χ3v) is 2.18. The van der Waals surface area contributed by atoms with Gasteiger partial charge in [0.15, 0.2) is 0 Å². The van der Waals surface area contributed by atoms with E-state index in [0.717, 1.165) is 0 Å². The van der Waals surface area contributed by atoms with E-state index < -0.39 is 5.97 Å². The average Bonchev–Trinajstić information content (AvgIpc) is 2.39. The molecular weight excluding hydrogens is 232 g/mol. The van der Waals surface area contributed by atoms with Crippen LogP contribution in [0.15, 0.2) is 42.6 Å². The highest BCUT2D eigenvalue weighted by Gasteiger charge is 2.12. The molecule has 1 N–H and O–H groups in total. The van der Waals surface area contributed by atoms with E-state index in [1.165, 1.54) is 24.4 Å². The molecule has 0 saturated carbocycles. The number of carbonyl (C=O) groups is 1. The summed E-state index contributed by atoms with van der Waals surface area (Å²) in [5.41, 5.74) is 0.403. The van der Waals surface area contributed by atoms with E-state index in [1.807, 2.05) is 6.07 Å². The average molecular weight is 240 g/mol. The molecule has 0 fully saturated rings. The molecule has 2 aromatic rings. The molecule has 1 aromatic heterocycles. The van der Waals surface area contributed by atoms with Crippen molar-refractivity contribution in [3.63, 3.8) is 0 Å². The lowest BCUT2D eigenvalue weighted by molar-refractivity contribution is 0.0693. The minimum absolute atomic E-state index is 0.0000831. The first-order chi connectivity index (χ1) is 8.70. The van der Waals surface area contributed by atoms with Crippen LogP contribution in [0.25, 0.3) is 0 Å². The zero-order chi connectivity index (χ0) is 13.0. The Morgan fingerprint density at radius 3 is 2.89 bits per heavy atom. The predicted molar refractivity (Wildman–Crippen MR) is 62.4 cm³/mol. The standard InChI is InChI=1S/C13H8N2O3/c14-8-9-3-1-4-10(7-9)18-12-11(13(16)17)5-2-6-15-12/h1-7H,(H,16,17). The minimum atomic E-state index is -1.12. The number of benzene rings is 1. The number of aromatic carboxylic acids is 1. The summed E-state index contributed by atoms with van der Waals surface area (Å²) < 4.78 is 5.37. The van der Waals surface area contributed by atoms with Crippen LogP contribution in [0.3, 0.4) is 0 Å². The Morgan fingerprint density at radius 2 is 2.17 bits per heavy atom. The SMILES string of the molecule is N#Cc1cccc(Oc2ncccc2C(=O)O)c1. The monoisotopic (exact) mass is 240 g/mol. The second-order valence-corrected chi connectivity index (χ2v) is 3.40. The van der Waals surface area contributed by atoms with Gasteiger partial charge in [-0.25, -0.2) is 9.78 Å². The van der Waals surface area contributed by atoms with Gasteiger partial charge in [0, 0.05) is 6.20 Å². The van der Waals surface area contributed by atoms with Gasteiger partial charge < -0.3 is 9.84 Å². The van der Waals surface area contributed by atoms with Crippen molar-refractivity contribution in [1.29, 1.82) is 5.26 Å². The van der Waals surface area contributed by atoms with E-state index in [0.29, 0.717) is 11.3 Å². The van der Waals surface area contributed by atoms with Crippen LogP contribution in [0.2, 0.25) is 0 Å². The molecule has 1 aromatic carbocycles. The summed E-state index contributed by atoms with van der Waals surface area (Å²) in [7, 11) is 0. The Balaban J connectivity index is 2.34. The third kappa shape index (κ3) is 2.44. The highest BCUT2D eigenvalue weighted by molar-refractivity contribution is 5.90. The molecule has 2 rings (SSSR count). The van der Waals surface area contributed by atoms with E-state index >= 15 is 0 Å². The molecule has 0 atom stereocenters. The number of ether oxygens (including phenoxy) is 1. The maximum absolute atomic E-state index is 11.0. The van der Waals surface area contributed by atoms with Gasteiger partial charge >= 0.3 is 5.97 Å². The van der Waals surface area contributed by atoms with Crippen LogP contribution in [-0.2, 0) is 0 Å². The number of carboxylic acids is 1. The first kappa shape index (κ1) is 11.6. The highest BCUT2D eigenvalue weighted by Crippen LogP contribution is 2.23. The molecule has 0 aliphatic heterocycles. The van der Waals surface area contributed by atoms with Crippen molar-refractivity contribution in [3.05, 3.63) is 53.7 Å². The molecule has 88 valence electrons. The molecule has 0 unspecified atom stereocenters. The fraction of sp³-hybridized carbons (Fsp3) is 0. The van der Waals surface area contributed by atoms with Crippen LogP contribution in [0, 0.1) is 11.3 Å². The lowest BCUT2D eigenvalue weighted by Gasteiger charge is -2.06. The largest absolute Gasteiger partial charge is 0.477 e. The van der Waals surface area contributed by atoms with Gasteiger partial charge in [-0.3, -0.25) is 0 Å². The van der Waals surface area contributed by atoms with E-state index in [2.05, 4.69) is 4.98 Å². The maximum Gasteiger partial charge on any atom is 0.341 e. The predicted octanol–water partition coefficient (Wildman–Crippen LogP) is 2.44. The Labute approximate surface area is 103 Å². The fourth-order valence-corrected chi connectivity index (χ4v) is 1.38. The Bertz CT molecular complexity index is 632. The van der Waals surface area contributed by atoms with E-state index in [9.17, 15) is 4.79 Å². The van der Waals surface area contributed by atoms with E-state index in [-0.39, 0.29) is 11.4 Å². The fourth-order valence-electron chi connectivity index (χ4n) is 1.38. The molecule has 5 nitrogen and oxygen atoms in total. The molecule has 0 amide bonds. The van der Waals surface area contributed by atoms with Gasteiger partial charge in [-0.15, -0.1) is 0 Å². The van der Waals surface area contributed by atoms with Crippen molar-refractivity contribution in [2.75, 3.05) is 0 Å². The molecule has 0 spiro atoms. The van der Waals surface area contributed by atoms with Crippen LogP contribution in [0.5, 0.6) is 11.6 Å². The quantitative estimate of drug-likeness (QED) is 0.890. The number of pyridine rings is 1. The van der Waals surface area contributed by atoms with Gasteiger partial charge in [-0.2, -0.15) is 5.26 Å². The van der Waals surface area contributed by atoms with Gasteiger partial charge in [0.2, 0.25) is 5.88 Å². The second kappa shape index (κ2) is 4.97. The number of rotatable bonds is 3. The Kier molecular flexibility index (Phi) is 3.21. The van der Waals surface area contributed by atoms with Crippen molar-refractivity contribution in [2.45, 2.75) is 0 Å². The number of carboxylic acid groups (broad SMARTS) is 1. The summed E-state index contributed by atoms with van der Waals surface area (Å²) in [6, 6.07) is 11.3. The Morgan fingerprint density at radius 1 is 1.33 bits per heavy atom. The number of aromatic nitrogens is 1. The molecule has 0 radical (unpaired) electrons. The molecule has 5 heteroatoms. The van der Waals surface area contributed by atoms with Gasteiger partial charge in [-0.1, -0.05) is 6.07 Å². The van der Waals surface area contributed by atoms with Gasteiger partial charge in [0.1, 0.15) is 11.3 Å². The number of nitriles is 1. The summed E-state index contributed by atoms with van der Waals surface area (Å²) in [6.45, 7) is 0. The lowest BCUT2D eigenvalue weighted by atomic mass is 10.2. The lowest BCUT2D eigenvalue weighted by Crippen LogP contribution is -2.01. The van der Waals surface area contributed by atoms with Crippen LogP contribution in [0.4, 0.5) is 0 Å². The van der Waals surface area contributed by atoms with Crippen molar-refractivity contribution in [3.8, 4) is 17.7 Å². The molecular formula is C13H8N2O3. The first-order valence-corrected chi connectivity index (χ1v) is 5.07. The summed E-state index contributed by atoms with van der Waals surface area (Å²) in [4.78, 5) is 14.8. The van der Waals surface area contributed by atoms with Crippen molar-refractivity contribution >= 4 is 5.97 Å². The Hall–Kier alpha value is -2.87. The van der Waals surface area contributed by atoms with Gasteiger partial charge in [0.25, 0.3) is 0 Å². The molecule has 0 aliphatic carbocycles. The minimum Gasteiger partial charge on any atom is -0.477 e. The first-order valence-electron chi connectivity index (χ1n) is 5.07. The summed E-state index contributed by atoms with van der Waals surface area (Å²) in [5, 5.41) is 17.7. The maximum atomic E-state index is 11.0. The summed E-state index contributed by atoms with van der Waals surface area (Å²) >= 11 is 0. The molecule has 1 heterocycles. The van der Waals surface area contributed by atoms with Crippen molar-refractivity contribution in [2.24, 2.45) is 0 Å². The topological polar surface area (TPSA) is 83.2 Å². The molecule has 0 aliphatic rings. The number of hydrogen-bond donors (Lipinski definition) is 1. The molecule has 0 saturated heterocycles. The zero-order valence-electron chi connectivity index (χ0n) is 9.20.